The zero-order valence-electron chi connectivity index (χ0n) is 14.0. The molecule has 2 heterocycles. The van der Waals surface area contributed by atoms with Gasteiger partial charge in [-0.25, -0.2) is 0 Å². The Kier molecular flexibility index (Phi) is 5.54. The molecule has 0 unspecified atom stereocenters. The zero-order valence-corrected chi connectivity index (χ0v) is 14.0. The van der Waals surface area contributed by atoms with Crippen LogP contribution < -0.4 is 0 Å². The molecule has 1 fully saturated rings. The zero-order chi connectivity index (χ0) is 18.1. The van der Waals surface area contributed by atoms with Crippen LogP contribution in [-0.4, -0.2) is 70.9 Å². The minimum atomic E-state index is -4.58. The molecule has 6 nitrogen and oxygen atoms in total. The van der Waals surface area contributed by atoms with E-state index in [1.54, 1.807) is 0 Å². The molecule has 0 saturated carbocycles. The smallest absolute Gasteiger partial charge is 0.396 e. The van der Waals surface area contributed by atoms with Crippen molar-refractivity contribution < 1.29 is 23.1 Å². The van der Waals surface area contributed by atoms with Crippen LogP contribution in [0.1, 0.15) is 22.6 Å². The molecule has 0 bridgehead atoms. The molecule has 0 aromatic carbocycles. The molecule has 24 heavy (non-hydrogen) atoms. The third-order valence-electron chi connectivity index (χ3n) is 4.18. The number of aromatic nitrogens is 2. The van der Waals surface area contributed by atoms with Crippen LogP contribution in [0.25, 0.3) is 0 Å². The maximum Gasteiger partial charge on any atom is 0.435 e. The summed E-state index contributed by atoms with van der Waals surface area (Å²) in [5.41, 5.74) is -1.17. The summed E-state index contributed by atoms with van der Waals surface area (Å²) in [6.45, 7) is 1.50. The van der Waals surface area contributed by atoms with Gasteiger partial charge in [-0.05, 0) is 32.4 Å². The number of aliphatic hydroxyl groups is 1. The van der Waals surface area contributed by atoms with Gasteiger partial charge in [-0.2, -0.15) is 18.3 Å². The first kappa shape index (κ1) is 18.7. The maximum atomic E-state index is 12.8. The Hall–Kier alpha value is -1.61. The Balaban J connectivity index is 2.20. The summed E-state index contributed by atoms with van der Waals surface area (Å²) in [6, 6.07) is 0.784. The lowest BCUT2D eigenvalue weighted by Gasteiger charge is -2.38. The van der Waals surface area contributed by atoms with Gasteiger partial charge in [0.25, 0.3) is 5.91 Å². The van der Waals surface area contributed by atoms with Gasteiger partial charge in [0.15, 0.2) is 5.69 Å². The van der Waals surface area contributed by atoms with Crippen LogP contribution in [0.15, 0.2) is 6.07 Å². The molecule has 1 N–H and O–H groups in total. The Bertz CT molecular complexity index is 586. The number of carbonyl (C=O) groups excluding carboxylic acids is 1. The fourth-order valence-electron chi connectivity index (χ4n) is 3.23. The highest BCUT2D eigenvalue weighted by molar-refractivity contribution is 5.92. The van der Waals surface area contributed by atoms with Gasteiger partial charge in [0.2, 0.25) is 0 Å². The van der Waals surface area contributed by atoms with E-state index in [1.165, 1.54) is 11.9 Å². The van der Waals surface area contributed by atoms with Crippen molar-refractivity contribution in [2.45, 2.75) is 12.6 Å². The van der Waals surface area contributed by atoms with Crippen molar-refractivity contribution in [2.75, 3.05) is 40.3 Å². The standard InChI is InChI=1S/C15H23F3N4O2/c1-20(2)6-10-4-11(9-23)8-22(7-10)14(24)12-5-13(15(16,17)18)19-21(12)3/h5,10-11,23H,4,6-9H2,1-3H3/t10-,11-/m1/s1. The molecule has 2 atom stereocenters. The summed E-state index contributed by atoms with van der Waals surface area (Å²) in [7, 11) is 5.17. The molecule has 0 aliphatic carbocycles. The number of alkyl halides is 3. The third-order valence-corrected chi connectivity index (χ3v) is 4.18. The average molecular weight is 348 g/mol. The van der Waals surface area contributed by atoms with E-state index in [0.29, 0.717) is 13.1 Å². The third kappa shape index (κ3) is 4.27. The highest BCUT2D eigenvalue weighted by atomic mass is 19.4. The van der Waals surface area contributed by atoms with E-state index in [1.807, 2.05) is 19.0 Å². The summed E-state index contributed by atoms with van der Waals surface area (Å²) in [6.07, 6.45) is -3.79. The molecule has 1 aliphatic heterocycles. The number of hydrogen-bond acceptors (Lipinski definition) is 4. The molecule has 1 aliphatic rings. The van der Waals surface area contributed by atoms with E-state index in [4.69, 9.17) is 0 Å². The van der Waals surface area contributed by atoms with Crippen molar-refractivity contribution in [3.05, 3.63) is 17.5 Å². The van der Waals surface area contributed by atoms with Crippen molar-refractivity contribution in [2.24, 2.45) is 18.9 Å². The molecule has 0 radical (unpaired) electrons. The van der Waals surface area contributed by atoms with Crippen molar-refractivity contribution in [1.82, 2.24) is 19.6 Å². The van der Waals surface area contributed by atoms with E-state index >= 15 is 0 Å². The molecule has 1 aromatic rings. The average Bonchev–Trinajstić information content (AvgIpc) is 2.87. The van der Waals surface area contributed by atoms with E-state index < -0.39 is 17.8 Å². The van der Waals surface area contributed by atoms with E-state index in [9.17, 15) is 23.1 Å². The summed E-state index contributed by atoms with van der Waals surface area (Å²) < 4.78 is 39.3. The Morgan fingerprint density at radius 2 is 2.00 bits per heavy atom. The molecule has 1 aromatic heterocycles. The number of hydrogen-bond donors (Lipinski definition) is 1. The fourth-order valence-corrected chi connectivity index (χ4v) is 3.23. The monoisotopic (exact) mass is 348 g/mol. The number of likely N-dealkylation sites (tertiary alicyclic amines) is 1. The molecule has 2 rings (SSSR count). The molecule has 9 heteroatoms. The first-order valence-corrected chi connectivity index (χ1v) is 7.78. The summed E-state index contributed by atoms with van der Waals surface area (Å²) in [5, 5.41) is 12.9. The normalized spacial score (nSPS) is 22.2. The van der Waals surface area contributed by atoms with Crippen LogP contribution in [0.3, 0.4) is 0 Å². The number of halogens is 3. The predicted molar refractivity (Wildman–Crippen MR) is 81.4 cm³/mol. The summed E-state index contributed by atoms with van der Waals surface area (Å²) in [5.74, 6) is -0.379. The Morgan fingerprint density at radius 1 is 1.38 bits per heavy atom. The highest BCUT2D eigenvalue weighted by Crippen LogP contribution is 2.29. The Labute approximate surface area is 138 Å². The first-order valence-electron chi connectivity index (χ1n) is 7.78. The van der Waals surface area contributed by atoms with Crippen LogP contribution in [0.2, 0.25) is 0 Å². The second kappa shape index (κ2) is 7.10. The second-order valence-electron chi connectivity index (χ2n) is 6.66. The second-order valence-corrected chi connectivity index (χ2v) is 6.66. The molecule has 136 valence electrons. The first-order chi connectivity index (χ1) is 11.1. The topological polar surface area (TPSA) is 61.6 Å². The van der Waals surface area contributed by atoms with Gasteiger partial charge >= 0.3 is 6.18 Å². The molecule has 1 saturated heterocycles. The van der Waals surface area contributed by atoms with Crippen LogP contribution in [0.4, 0.5) is 13.2 Å². The van der Waals surface area contributed by atoms with E-state index in [0.717, 1.165) is 23.7 Å². The largest absolute Gasteiger partial charge is 0.435 e. The van der Waals surface area contributed by atoms with Gasteiger partial charge in [0.1, 0.15) is 5.69 Å². The molecular formula is C15H23F3N4O2. The number of nitrogens with zero attached hydrogens (tertiary/aromatic N) is 4. The van der Waals surface area contributed by atoms with Gasteiger partial charge in [0.05, 0.1) is 0 Å². The molecule has 0 spiro atoms. The van der Waals surface area contributed by atoms with E-state index in [2.05, 4.69) is 5.10 Å². The highest BCUT2D eigenvalue weighted by Gasteiger charge is 2.37. The van der Waals surface area contributed by atoms with Gasteiger partial charge in [0, 0.05) is 39.4 Å². The van der Waals surface area contributed by atoms with Crippen molar-refractivity contribution in [3.8, 4) is 0 Å². The van der Waals surface area contributed by atoms with Crippen LogP contribution in [0.5, 0.6) is 0 Å². The number of amides is 1. The van der Waals surface area contributed by atoms with Crippen LogP contribution >= 0.6 is 0 Å². The van der Waals surface area contributed by atoms with Crippen LogP contribution in [0, 0.1) is 11.8 Å². The molecule has 1 amide bonds. The number of rotatable bonds is 4. The SMILES string of the molecule is CN(C)C[C@H]1C[C@@H](CO)CN(C(=O)c2cc(C(F)(F)F)nn2C)C1. The minimum absolute atomic E-state index is 0.0487. The summed E-state index contributed by atoms with van der Waals surface area (Å²) >= 11 is 0. The lowest BCUT2D eigenvalue weighted by atomic mass is 9.89. The lowest BCUT2D eigenvalue weighted by molar-refractivity contribution is -0.141. The molecular weight excluding hydrogens is 325 g/mol. The lowest BCUT2D eigenvalue weighted by Crippen LogP contribution is -2.47. The minimum Gasteiger partial charge on any atom is -0.396 e. The van der Waals surface area contributed by atoms with Gasteiger partial charge in [-0.15, -0.1) is 0 Å². The number of aliphatic hydroxyl groups excluding tert-OH is 1. The van der Waals surface area contributed by atoms with Crippen LogP contribution in [-0.2, 0) is 13.2 Å². The number of piperidine rings is 1. The quantitative estimate of drug-likeness (QED) is 0.884. The number of carbonyl (C=O) groups is 1. The fraction of sp³-hybridized carbons (Fsp3) is 0.733. The van der Waals surface area contributed by atoms with Gasteiger partial charge in [-0.3, -0.25) is 9.48 Å². The van der Waals surface area contributed by atoms with Gasteiger partial charge in [-0.1, -0.05) is 0 Å². The van der Waals surface area contributed by atoms with Crippen molar-refractivity contribution in [3.63, 3.8) is 0 Å². The van der Waals surface area contributed by atoms with Crippen molar-refractivity contribution >= 4 is 5.91 Å². The van der Waals surface area contributed by atoms with Crippen molar-refractivity contribution in [1.29, 1.82) is 0 Å². The Morgan fingerprint density at radius 3 is 2.50 bits per heavy atom. The summed E-state index contributed by atoms with van der Waals surface area (Å²) in [4.78, 5) is 16.2. The maximum absolute atomic E-state index is 12.8. The van der Waals surface area contributed by atoms with E-state index in [-0.39, 0.29) is 24.1 Å². The van der Waals surface area contributed by atoms with Gasteiger partial charge < -0.3 is 14.9 Å². The number of aryl methyl sites for hydroxylation is 1. The predicted octanol–water partition coefficient (Wildman–Crippen LogP) is 1.07.